The van der Waals surface area contributed by atoms with Crippen LogP contribution in [0.4, 0.5) is 10.5 Å². The van der Waals surface area contributed by atoms with Crippen LogP contribution in [0.1, 0.15) is 28.9 Å². The molecule has 0 unspecified atom stereocenters. The molecule has 0 spiro atoms. The van der Waals surface area contributed by atoms with Crippen LogP contribution < -0.4 is 11.1 Å². The number of likely N-dealkylation sites (N-methyl/N-ethyl adjacent to an activating group) is 1. The van der Waals surface area contributed by atoms with Crippen molar-refractivity contribution < 1.29 is 9.59 Å². The molecule has 24 heavy (non-hydrogen) atoms. The Kier molecular flexibility index (Phi) is 4.20. The molecule has 1 heterocycles. The van der Waals surface area contributed by atoms with Crippen molar-refractivity contribution in [2.75, 3.05) is 18.9 Å². The van der Waals surface area contributed by atoms with E-state index in [0.717, 1.165) is 12.8 Å². The normalized spacial score (nSPS) is 14.7. The maximum Gasteiger partial charge on any atom is 0.321 e. The quantitative estimate of drug-likeness (QED) is 0.885. The number of aromatic nitrogens is 1. The molecule has 0 aliphatic heterocycles. The van der Waals surface area contributed by atoms with E-state index in [1.165, 1.54) is 17.8 Å². The molecular formula is C18H20N4O2. The average molecular weight is 324 g/mol. The summed E-state index contributed by atoms with van der Waals surface area (Å²) in [6.07, 6.45) is 3.60. The van der Waals surface area contributed by atoms with Gasteiger partial charge in [-0.25, -0.2) is 9.78 Å². The van der Waals surface area contributed by atoms with Crippen LogP contribution in [-0.2, 0) is 5.41 Å². The van der Waals surface area contributed by atoms with Gasteiger partial charge in [-0.15, -0.1) is 0 Å². The van der Waals surface area contributed by atoms with Crippen LogP contribution >= 0.6 is 0 Å². The number of primary amides is 1. The molecular weight excluding hydrogens is 304 g/mol. The summed E-state index contributed by atoms with van der Waals surface area (Å²) in [4.78, 5) is 29.0. The predicted molar refractivity (Wildman–Crippen MR) is 91.8 cm³/mol. The third-order valence-corrected chi connectivity index (χ3v) is 4.39. The van der Waals surface area contributed by atoms with Gasteiger partial charge in [-0.3, -0.25) is 4.79 Å². The van der Waals surface area contributed by atoms with Gasteiger partial charge in [0.15, 0.2) is 0 Å². The summed E-state index contributed by atoms with van der Waals surface area (Å²) in [5.74, 6) is -0.594. The van der Waals surface area contributed by atoms with Crippen LogP contribution in [-0.4, -0.2) is 35.4 Å². The SMILES string of the molecule is CN(CC1(c2ccccc2)CC1)C(=O)Nc1ccc(C(N)=O)nc1. The molecule has 124 valence electrons. The molecule has 6 nitrogen and oxygen atoms in total. The molecule has 0 radical (unpaired) electrons. The van der Waals surface area contributed by atoms with Crippen LogP contribution in [0.5, 0.6) is 0 Å². The minimum Gasteiger partial charge on any atom is -0.364 e. The molecule has 1 aliphatic carbocycles. The molecule has 2 aromatic rings. The van der Waals surface area contributed by atoms with Gasteiger partial charge in [-0.1, -0.05) is 30.3 Å². The predicted octanol–water partition coefficient (Wildman–Crippen LogP) is 2.38. The number of nitrogens with two attached hydrogens (primary N) is 1. The third kappa shape index (κ3) is 3.37. The maximum atomic E-state index is 12.4. The summed E-state index contributed by atoms with van der Waals surface area (Å²) in [6.45, 7) is 0.662. The fraction of sp³-hybridized carbons (Fsp3) is 0.278. The largest absolute Gasteiger partial charge is 0.364 e. The van der Waals surface area contributed by atoms with E-state index in [-0.39, 0.29) is 17.1 Å². The number of hydrogen-bond donors (Lipinski definition) is 2. The van der Waals surface area contributed by atoms with Crippen molar-refractivity contribution >= 4 is 17.6 Å². The number of amides is 3. The van der Waals surface area contributed by atoms with E-state index >= 15 is 0 Å². The molecule has 1 aromatic carbocycles. The summed E-state index contributed by atoms with van der Waals surface area (Å²) < 4.78 is 0. The summed E-state index contributed by atoms with van der Waals surface area (Å²) in [6, 6.07) is 13.2. The van der Waals surface area contributed by atoms with Crippen molar-refractivity contribution in [2.45, 2.75) is 18.3 Å². The second kappa shape index (κ2) is 6.31. The molecule has 3 rings (SSSR count). The Balaban J connectivity index is 1.62. The molecule has 1 saturated carbocycles. The van der Waals surface area contributed by atoms with Crippen molar-refractivity contribution in [1.82, 2.24) is 9.88 Å². The lowest BCUT2D eigenvalue weighted by molar-refractivity contribution is 0.0995. The highest BCUT2D eigenvalue weighted by molar-refractivity contribution is 5.92. The van der Waals surface area contributed by atoms with E-state index in [9.17, 15) is 9.59 Å². The average Bonchev–Trinajstić information content (AvgIpc) is 3.37. The first kappa shape index (κ1) is 16.0. The number of anilines is 1. The zero-order valence-corrected chi connectivity index (χ0v) is 13.5. The van der Waals surface area contributed by atoms with Crippen molar-refractivity contribution in [3.05, 3.63) is 59.9 Å². The van der Waals surface area contributed by atoms with Crippen molar-refractivity contribution in [1.29, 1.82) is 0 Å². The molecule has 0 atom stereocenters. The highest BCUT2D eigenvalue weighted by atomic mass is 16.2. The van der Waals surface area contributed by atoms with E-state index < -0.39 is 5.91 Å². The smallest absolute Gasteiger partial charge is 0.321 e. The highest BCUT2D eigenvalue weighted by Gasteiger charge is 2.45. The number of urea groups is 1. The van der Waals surface area contributed by atoms with E-state index in [4.69, 9.17) is 5.73 Å². The number of carbonyl (C=O) groups is 2. The van der Waals surface area contributed by atoms with Gasteiger partial charge in [0.2, 0.25) is 0 Å². The molecule has 0 bridgehead atoms. The van der Waals surface area contributed by atoms with E-state index in [0.29, 0.717) is 12.2 Å². The number of rotatable bonds is 5. The lowest BCUT2D eigenvalue weighted by Gasteiger charge is -2.24. The van der Waals surface area contributed by atoms with Crippen LogP contribution in [0.25, 0.3) is 0 Å². The first-order valence-corrected chi connectivity index (χ1v) is 7.84. The molecule has 3 N–H and O–H groups in total. The van der Waals surface area contributed by atoms with Gasteiger partial charge < -0.3 is 16.0 Å². The molecule has 6 heteroatoms. The fourth-order valence-electron chi connectivity index (χ4n) is 2.84. The summed E-state index contributed by atoms with van der Waals surface area (Å²) >= 11 is 0. The number of nitrogens with one attached hydrogen (secondary N) is 1. The Labute approximate surface area is 140 Å². The minimum absolute atomic E-state index is 0.0709. The molecule has 0 saturated heterocycles. The van der Waals surface area contributed by atoms with Gasteiger partial charge in [0.1, 0.15) is 5.69 Å². The van der Waals surface area contributed by atoms with E-state index in [1.807, 2.05) is 18.2 Å². The first-order valence-electron chi connectivity index (χ1n) is 7.84. The standard InChI is InChI=1S/C18H20N4O2/c1-22(12-18(9-10-18)13-5-3-2-4-6-13)17(24)21-14-7-8-15(16(19)23)20-11-14/h2-8,11H,9-10,12H2,1H3,(H2,19,23)(H,21,24). The fourth-order valence-corrected chi connectivity index (χ4v) is 2.84. The van der Waals surface area contributed by atoms with Gasteiger partial charge in [0.25, 0.3) is 5.91 Å². The number of hydrogen-bond acceptors (Lipinski definition) is 3. The Morgan fingerprint density at radius 3 is 2.46 bits per heavy atom. The summed E-state index contributed by atoms with van der Waals surface area (Å²) in [7, 11) is 1.78. The zero-order chi connectivity index (χ0) is 17.2. The maximum absolute atomic E-state index is 12.4. The monoisotopic (exact) mass is 324 g/mol. The van der Waals surface area contributed by atoms with Crippen LogP contribution in [0.3, 0.4) is 0 Å². The van der Waals surface area contributed by atoms with Gasteiger partial charge in [0.05, 0.1) is 11.9 Å². The zero-order valence-electron chi connectivity index (χ0n) is 13.5. The number of pyridine rings is 1. The van der Waals surface area contributed by atoms with Crippen molar-refractivity contribution in [3.63, 3.8) is 0 Å². The van der Waals surface area contributed by atoms with Gasteiger partial charge in [-0.2, -0.15) is 0 Å². The summed E-state index contributed by atoms with van der Waals surface area (Å²) in [5, 5.41) is 2.78. The lowest BCUT2D eigenvalue weighted by atomic mass is 9.95. The van der Waals surface area contributed by atoms with Crippen LogP contribution in [0.15, 0.2) is 48.7 Å². The number of nitrogens with zero attached hydrogens (tertiary/aromatic N) is 2. The Morgan fingerprint density at radius 2 is 1.92 bits per heavy atom. The summed E-state index contributed by atoms with van der Waals surface area (Å²) in [5.41, 5.74) is 7.19. The van der Waals surface area contributed by atoms with E-state index in [2.05, 4.69) is 22.4 Å². The molecule has 3 amide bonds. The Hall–Kier alpha value is -2.89. The van der Waals surface area contributed by atoms with Gasteiger partial charge in [-0.05, 0) is 30.5 Å². The first-order chi connectivity index (χ1) is 11.5. The van der Waals surface area contributed by atoms with Crippen molar-refractivity contribution in [2.24, 2.45) is 5.73 Å². The Morgan fingerprint density at radius 1 is 1.21 bits per heavy atom. The highest BCUT2D eigenvalue weighted by Crippen LogP contribution is 2.48. The second-order valence-electron chi connectivity index (χ2n) is 6.23. The van der Waals surface area contributed by atoms with Crippen LogP contribution in [0, 0.1) is 0 Å². The van der Waals surface area contributed by atoms with E-state index in [1.54, 1.807) is 18.0 Å². The van der Waals surface area contributed by atoms with Crippen molar-refractivity contribution in [3.8, 4) is 0 Å². The number of benzene rings is 1. The number of carbonyl (C=O) groups excluding carboxylic acids is 2. The molecule has 1 fully saturated rings. The lowest BCUT2D eigenvalue weighted by Crippen LogP contribution is -2.37. The second-order valence-corrected chi connectivity index (χ2v) is 6.23. The minimum atomic E-state index is -0.594. The van der Waals surface area contributed by atoms with Crippen LogP contribution in [0.2, 0.25) is 0 Å². The van der Waals surface area contributed by atoms with Gasteiger partial charge >= 0.3 is 6.03 Å². The molecule has 1 aliphatic rings. The third-order valence-electron chi connectivity index (χ3n) is 4.39. The molecule has 1 aromatic heterocycles. The van der Waals surface area contributed by atoms with Gasteiger partial charge in [0, 0.05) is 19.0 Å². The topological polar surface area (TPSA) is 88.3 Å². The Bertz CT molecular complexity index is 739.